The number of nitrogens with zero attached hydrogens (tertiary/aromatic N) is 2. The van der Waals surface area contributed by atoms with Gasteiger partial charge in [-0.2, -0.15) is 0 Å². The summed E-state index contributed by atoms with van der Waals surface area (Å²) in [6.07, 6.45) is -3.53. The van der Waals surface area contributed by atoms with Gasteiger partial charge < -0.3 is 10.5 Å². The lowest BCUT2D eigenvalue weighted by Gasteiger charge is -2.08. The molecule has 0 amide bonds. The summed E-state index contributed by atoms with van der Waals surface area (Å²) in [6.45, 7) is 0. The largest absolute Gasteiger partial charge is 0.469 e. The molecule has 0 aromatic carbocycles. The van der Waals surface area contributed by atoms with Crippen LogP contribution in [0, 0.1) is 10.1 Å². The fourth-order valence-electron chi connectivity index (χ4n) is 1.26. The van der Waals surface area contributed by atoms with E-state index in [2.05, 4.69) is 9.72 Å². The average molecular weight is 261 g/mol. The van der Waals surface area contributed by atoms with Gasteiger partial charge in [-0.3, -0.25) is 14.9 Å². The van der Waals surface area contributed by atoms with Gasteiger partial charge in [-0.15, -0.1) is 0 Å². The molecule has 2 N–H and O–H groups in total. The van der Waals surface area contributed by atoms with E-state index < -0.39 is 40.8 Å². The minimum Gasteiger partial charge on any atom is -0.469 e. The van der Waals surface area contributed by atoms with Crippen LogP contribution >= 0.6 is 0 Å². The van der Waals surface area contributed by atoms with Gasteiger partial charge >= 0.3 is 11.7 Å². The smallest absolute Gasteiger partial charge is 0.311 e. The number of nitrogens with two attached hydrogens (primary N) is 1. The van der Waals surface area contributed by atoms with E-state index in [-0.39, 0.29) is 5.69 Å². The van der Waals surface area contributed by atoms with Crippen LogP contribution in [0.25, 0.3) is 0 Å². The maximum atomic E-state index is 12.7. The highest BCUT2D eigenvalue weighted by atomic mass is 19.3. The molecule has 0 spiro atoms. The molecule has 0 aliphatic heterocycles. The number of anilines is 1. The molecular weight excluding hydrogens is 252 g/mol. The first kappa shape index (κ1) is 13.7. The quantitative estimate of drug-likeness (QED) is 0.496. The van der Waals surface area contributed by atoms with Crippen molar-refractivity contribution in [2.45, 2.75) is 12.8 Å². The van der Waals surface area contributed by atoms with E-state index in [9.17, 15) is 23.7 Å². The Kier molecular flexibility index (Phi) is 4.08. The van der Waals surface area contributed by atoms with Gasteiger partial charge in [0, 0.05) is 11.6 Å². The number of aromatic nitrogens is 1. The maximum Gasteiger partial charge on any atom is 0.311 e. The number of nitrogen functional groups attached to an aromatic ring is 1. The molecule has 0 radical (unpaired) electrons. The molecule has 98 valence electrons. The molecule has 1 aromatic rings. The van der Waals surface area contributed by atoms with E-state index in [4.69, 9.17) is 5.73 Å². The minimum atomic E-state index is -3.00. The predicted molar refractivity (Wildman–Crippen MR) is 56.0 cm³/mol. The van der Waals surface area contributed by atoms with Gasteiger partial charge in [0.1, 0.15) is 0 Å². The van der Waals surface area contributed by atoms with Crippen LogP contribution in [0.5, 0.6) is 0 Å². The van der Waals surface area contributed by atoms with Crippen LogP contribution in [0.4, 0.5) is 20.3 Å². The maximum absolute atomic E-state index is 12.7. The monoisotopic (exact) mass is 261 g/mol. The molecule has 0 saturated heterocycles. The highest BCUT2D eigenvalue weighted by Crippen LogP contribution is 2.29. The lowest BCUT2D eigenvalue weighted by molar-refractivity contribution is -0.384. The fourth-order valence-corrected chi connectivity index (χ4v) is 1.26. The second kappa shape index (κ2) is 5.34. The molecule has 0 bridgehead atoms. The number of carbonyl (C=O) groups excluding carboxylic acids is 1. The van der Waals surface area contributed by atoms with Gasteiger partial charge in [0.05, 0.1) is 24.1 Å². The summed E-state index contributed by atoms with van der Waals surface area (Å²) < 4.78 is 29.7. The predicted octanol–water partition coefficient (Wildman–Crippen LogP) is 1.23. The van der Waals surface area contributed by atoms with Crippen molar-refractivity contribution in [3.05, 3.63) is 27.4 Å². The van der Waals surface area contributed by atoms with Crippen LogP contribution in [0.2, 0.25) is 0 Å². The number of ether oxygens (including phenoxy) is 1. The summed E-state index contributed by atoms with van der Waals surface area (Å²) in [6, 6.07) is 0.616. The Hall–Kier alpha value is -2.32. The molecule has 7 nitrogen and oxygen atoms in total. The standard InChI is InChI=1S/C9H9F2N3O4/c1-18-7(15)3-5-4(8(10)11)2-6(14(16)17)9(12)13-5/h2,8H,3H2,1H3,(H2,12,13). The van der Waals surface area contributed by atoms with Crippen molar-refractivity contribution in [3.8, 4) is 0 Å². The third-order valence-electron chi connectivity index (χ3n) is 2.11. The van der Waals surface area contributed by atoms with Crippen molar-refractivity contribution in [1.82, 2.24) is 4.98 Å². The van der Waals surface area contributed by atoms with Crippen molar-refractivity contribution in [3.63, 3.8) is 0 Å². The van der Waals surface area contributed by atoms with Crippen molar-refractivity contribution in [2.24, 2.45) is 0 Å². The average Bonchev–Trinajstić information content (AvgIpc) is 2.27. The zero-order valence-corrected chi connectivity index (χ0v) is 9.22. The van der Waals surface area contributed by atoms with E-state index in [0.29, 0.717) is 6.07 Å². The van der Waals surface area contributed by atoms with E-state index in [0.717, 1.165) is 7.11 Å². The molecule has 0 unspecified atom stereocenters. The van der Waals surface area contributed by atoms with Crippen LogP contribution in [0.15, 0.2) is 6.07 Å². The van der Waals surface area contributed by atoms with Gasteiger partial charge in [0.2, 0.25) is 5.82 Å². The summed E-state index contributed by atoms with van der Waals surface area (Å²) in [7, 11) is 1.08. The first-order chi connectivity index (χ1) is 8.36. The number of hydrogen-bond acceptors (Lipinski definition) is 6. The number of esters is 1. The Labute approximate surface area is 99.7 Å². The Balaban J connectivity index is 3.29. The first-order valence-corrected chi connectivity index (χ1v) is 4.65. The molecule has 0 aliphatic rings. The Morgan fingerprint density at radius 3 is 2.72 bits per heavy atom. The molecule has 18 heavy (non-hydrogen) atoms. The second-order valence-electron chi connectivity index (χ2n) is 3.24. The van der Waals surface area contributed by atoms with Crippen molar-refractivity contribution < 1.29 is 23.2 Å². The lowest BCUT2D eigenvalue weighted by atomic mass is 10.1. The molecule has 0 saturated carbocycles. The number of methoxy groups -OCH3 is 1. The summed E-state index contributed by atoms with van der Waals surface area (Å²) in [5.74, 6) is -1.32. The van der Waals surface area contributed by atoms with Crippen LogP contribution in [0.3, 0.4) is 0 Å². The molecule has 9 heteroatoms. The van der Waals surface area contributed by atoms with Crippen LogP contribution < -0.4 is 5.73 Å². The third-order valence-corrected chi connectivity index (χ3v) is 2.11. The van der Waals surface area contributed by atoms with Crippen molar-refractivity contribution in [1.29, 1.82) is 0 Å². The topological polar surface area (TPSA) is 108 Å². The van der Waals surface area contributed by atoms with Crippen molar-refractivity contribution >= 4 is 17.5 Å². The van der Waals surface area contributed by atoms with Gasteiger partial charge in [0.25, 0.3) is 6.43 Å². The lowest BCUT2D eigenvalue weighted by Crippen LogP contribution is -2.11. The SMILES string of the molecule is COC(=O)Cc1nc(N)c([N+](=O)[O-])cc1C(F)F. The van der Waals surface area contributed by atoms with Crippen LogP contribution in [0.1, 0.15) is 17.7 Å². The summed E-state index contributed by atoms with van der Waals surface area (Å²) in [4.78, 5) is 24.1. The molecule has 0 aliphatic carbocycles. The van der Waals surface area contributed by atoms with Gasteiger partial charge in [0.15, 0.2) is 0 Å². The van der Waals surface area contributed by atoms with Gasteiger partial charge in [-0.1, -0.05) is 0 Å². The minimum absolute atomic E-state index is 0.333. The highest BCUT2D eigenvalue weighted by molar-refractivity contribution is 5.73. The second-order valence-corrected chi connectivity index (χ2v) is 3.24. The number of pyridine rings is 1. The van der Waals surface area contributed by atoms with Crippen LogP contribution in [-0.4, -0.2) is 23.0 Å². The number of halogens is 2. The van der Waals surface area contributed by atoms with Crippen LogP contribution in [-0.2, 0) is 16.0 Å². The van der Waals surface area contributed by atoms with Gasteiger partial charge in [-0.05, 0) is 0 Å². The zero-order chi connectivity index (χ0) is 13.9. The molecule has 0 fully saturated rings. The van der Waals surface area contributed by atoms with E-state index in [1.165, 1.54) is 0 Å². The number of rotatable bonds is 4. The number of carbonyl (C=O) groups is 1. The highest BCUT2D eigenvalue weighted by Gasteiger charge is 2.24. The number of nitro groups is 1. The number of alkyl halides is 2. The van der Waals surface area contributed by atoms with Gasteiger partial charge in [-0.25, -0.2) is 13.8 Å². The molecule has 1 rings (SSSR count). The normalized spacial score (nSPS) is 10.4. The first-order valence-electron chi connectivity index (χ1n) is 4.65. The van der Waals surface area contributed by atoms with E-state index in [1.807, 2.05) is 0 Å². The van der Waals surface area contributed by atoms with Crippen molar-refractivity contribution in [2.75, 3.05) is 12.8 Å². The molecule has 1 aromatic heterocycles. The number of hydrogen-bond donors (Lipinski definition) is 1. The van der Waals surface area contributed by atoms with E-state index >= 15 is 0 Å². The Morgan fingerprint density at radius 2 is 2.28 bits per heavy atom. The molecular formula is C9H9F2N3O4. The fraction of sp³-hybridized carbons (Fsp3) is 0.333. The molecule has 0 atom stereocenters. The Morgan fingerprint density at radius 1 is 1.67 bits per heavy atom. The summed E-state index contributed by atoms with van der Waals surface area (Å²) >= 11 is 0. The van der Waals surface area contributed by atoms with E-state index in [1.54, 1.807) is 0 Å². The summed E-state index contributed by atoms with van der Waals surface area (Å²) in [5.41, 5.74) is 3.49. The zero-order valence-electron chi connectivity index (χ0n) is 9.22. The molecule has 1 heterocycles. The Bertz CT molecular complexity index is 493. The summed E-state index contributed by atoms with van der Waals surface area (Å²) in [5, 5.41) is 10.5. The third kappa shape index (κ3) is 2.87.